The number of ether oxygens (including phenoxy) is 3. The number of allylic oxidation sites excluding steroid dienone is 1. The van der Waals surface area contributed by atoms with Gasteiger partial charge in [0.1, 0.15) is 11.6 Å². The van der Waals surface area contributed by atoms with Gasteiger partial charge in [0, 0.05) is 11.1 Å². The van der Waals surface area contributed by atoms with Crippen LogP contribution in [0.3, 0.4) is 0 Å². The van der Waals surface area contributed by atoms with Gasteiger partial charge in [0.25, 0.3) is 0 Å². The highest BCUT2D eigenvalue weighted by Gasteiger charge is 2.18. The first-order chi connectivity index (χ1) is 12.0. The Morgan fingerprint density at radius 3 is 2.32 bits per heavy atom. The van der Waals surface area contributed by atoms with Crippen LogP contribution >= 0.6 is 0 Å². The normalized spacial score (nSPS) is 10.8. The molecule has 0 radical (unpaired) electrons. The van der Waals surface area contributed by atoms with Crippen molar-refractivity contribution in [2.75, 3.05) is 21.3 Å². The third-order valence-corrected chi connectivity index (χ3v) is 3.68. The molecule has 0 heterocycles. The molecule has 0 atom stereocenters. The zero-order chi connectivity index (χ0) is 18.4. The van der Waals surface area contributed by atoms with Crippen LogP contribution in [0.25, 0.3) is 6.08 Å². The van der Waals surface area contributed by atoms with Crippen molar-refractivity contribution in [1.29, 1.82) is 5.26 Å². The molecule has 0 aliphatic carbocycles. The van der Waals surface area contributed by atoms with Crippen LogP contribution in [0.5, 0.6) is 17.2 Å². The van der Waals surface area contributed by atoms with Crippen LogP contribution in [-0.4, -0.2) is 27.1 Å². The number of ketones is 1. The van der Waals surface area contributed by atoms with E-state index in [0.717, 1.165) is 5.56 Å². The van der Waals surface area contributed by atoms with Gasteiger partial charge in [-0.1, -0.05) is 23.8 Å². The SMILES string of the molecule is COc1ccc(/C=C(\C#N)C(=O)c2cccc(C)c2)c(OC)c1OC. The van der Waals surface area contributed by atoms with E-state index >= 15 is 0 Å². The fraction of sp³-hybridized carbons (Fsp3) is 0.200. The van der Waals surface area contributed by atoms with E-state index in [0.29, 0.717) is 28.4 Å². The summed E-state index contributed by atoms with van der Waals surface area (Å²) < 4.78 is 16.0. The predicted octanol–water partition coefficient (Wildman–Crippen LogP) is 3.81. The molecule has 0 N–H and O–H groups in total. The average Bonchev–Trinajstić information content (AvgIpc) is 2.64. The smallest absolute Gasteiger partial charge is 0.203 e. The molecule has 5 nitrogen and oxygen atoms in total. The Kier molecular flexibility index (Phi) is 5.80. The number of hydrogen-bond acceptors (Lipinski definition) is 5. The van der Waals surface area contributed by atoms with Gasteiger partial charge in [-0.25, -0.2) is 0 Å². The third kappa shape index (κ3) is 3.81. The average molecular weight is 337 g/mol. The molecular formula is C20H19NO4. The molecule has 0 saturated carbocycles. The minimum Gasteiger partial charge on any atom is -0.493 e. The van der Waals surface area contributed by atoms with Crippen LogP contribution in [0, 0.1) is 18.3 Å². The number of Topliss-reactive ketones (excluding diaryl/α,β-unsaturated/α-hetero) is 1. The molecule has 2 aromatic carbocycles. The van der Waals surface area contributed by atoms with E-state index in [-0.39, 0.29) is 11.4 Å². The Bertz CT molecular complexity index is 862. The largest absolute Gasteiger partial charge is 0.493 e. The lowest BCUT2D eigenvalue weighted by Crippen LogP contribution is -2.03. The number of carbonyl (C=O) groups is 1. The molecule has 5 heteroatoms. The second-order valence-corrected chi connectivity index (χ2v) is 5.29. The Morgan fingerprint density at radius 2 is 1.76 bits per heavy atom. The molecule has 0 fully saturated rings. The summed E-state index contributed by atoms with van der Waals surface area (Å²) in [6.45, 7) is 1.89. The lowest BCUT2D eigenvalue weighted by Gasteiger charge is -2.14. The van der Waals surface area contributed by atoms with Gasteiger partial charge in [-0.3, -0.25) is 4.79 Å². The Morgan fingerprint density at radius 1 is 1.04 bits per heavy atom. The van der Waals surface area contributed by atoms with Crippen molar-refractivity contribution >= 4 is 11.9 Å². The van der Waals surface area contributed by atoms with E-state index in [1.54, 1.807) is 30.3 Å². The lowest BCUT2D eigenvalue weighted by atomic mass is 10.00. The molecule has 25 heavy (non-hydrogen) atoms. The summed E-state index contributed by atoms with van der Waals surface area (Å²) in [5, 5.41) is 9.44. The molecule has 0 spiro atoms. The quantitative estimate of drug-likeness (QED) is 0.455. The summed E-state index contributed by atoms with van der Waals surface area (Å²) in [7, 11) is 4.51. The minimum atomic E-state index is -0.344. The van der Waals surface area contributed by atoms with Gasteiger partial charge in [-0.2, -0.15) is 5.26 Å². The summed E-state index contributed by atoms with van der Waals surface area (Å²) in [6.07, 6.45) is 1.49. The van der Waals surface area contributed by atoms with E-state index in [1.807, 2.05) is 19.1 Å². The lowest BCUT2D eigenvalue weighted by molar-refractivity contribution is 0.104. The van der Waals surface area contributed by atoms with Gasteiger partial charge in [-0.05, 0) is 31.2 Å². The molecule has 0 aliphatic heterocycles. The summed E-state index contributed by atoms with van der Waals surface area (Å²) in [4.78, 5) is 12.6. The summed E-state index contributed by atoms with van der Waals surface area (Å²) in [5.74, 6) is 0.953. The van der Waals surface area contributed by atoms with Crippen molar-refractivity contribution in [2.45, 2.75) is 6.92 Å². The molecule has 0 aliphatic rings. The van der Waals surface area contributed by atoms with E-state index in [9.17, 15) is 10.1 Å². The second-order valence-electron chi connectivity index (χ2n) is 5.29. The van der Waals surface area contributed by atoms with Crippen molar-refractivity contribution in [3.8, 4) is 23.3 Å². The number of aryl methyl sites for hydroxylation is 1. The molecule has 0 amide bonds. The first kappa shape index (κ1) is 18.1. The van der Waals surface area contributed by atoms with E-state index in [4.69, 9.17) is 14.2 Å². The number of hydrogen-bond donors (Lipinski definition) is 0. The van der Waals surface area contributed by atoms with E-state index < -0.39 is 0 Å². The van der Waals surface area contributed by atoms with Crippen LogP contribution in [-0.2, 0) is 0 Å². The maximum absolute atomic E-state index is 12.6. The Hall–Kier alpha value is -3.26. The van der Waals surface area contributed by atoms with Crippen molar-refractivity contribution in [3.05, 3.63) is 58.7 Å². The van der Waals surface area contributed by atoms with Crippen LogP contribution < -0.4 is 14.2 Å². The molecule has 0 unspecified atom stereocenters. The van der Waals surface area contributed by atoms with Crippen molar-refractivity contribution < 1.29 is 19.0 Å². The fourth-order valence-electron chi connectivity index (χ4n) is 2.48. The topological polar surface area (TPSA) is 68.5 Å². The van der Waals surface area contributed by atoms with Gasteiger partial charge in [0.2, 0.25) is 11.5 Å². The van der Waals surface area contributed by atoms with Gasteiger partial charge >= 0.3 is 0 Å². The van der Waals surface area contributed by atoms with Gasteiger partial charge < -0.3 is 14.2 Å². The first-order valence-electron chi connectivity index (χ1n) is 7.57. The number of nitriles is 1. The highest BCUT2D eigenvalue weighted by atomic mass is 16.5. The fourth-order valence-corrected chi connectivity index (χ4v) is 2.48. The molecule has 2 aromatic rings. The van der Waals surface area contributed by atoms with Crippen molar-refractivity contribution in [2.24, 2.45) is 0 Å². The zero-order valence-corrected chi connectivity index (χ0v) is 14.6. The van der Waals surface area contributed by atoms with Crippen LogP contribution in [0.2, 0.25) is 0 Å². The number of nitrogens with zero attached hydrogens (tertiary/aromatic N) is 1. The molecule has 2 rings (SSSR count). The Balaban J connectivity index is 2.53. The second kappa shape index (κ2) is 8.02. The number of rotatable bonds is 6. The Labute approximate surface area is 147 Å². The van der Waals surface area contributed by atoms with Gasteiger partial charge in [0.15, 0.2) is 11.5 Å². The van der Waals surface area contributed by atoms with Crippen molar-refractivity contribution in [1.82, 2.24) is 0 Å². The predicted molar refractivity (Wildman–Crippen MR) is 95.2 cm³/mol. The molecule has 128 valence electrons. The maximum Gasteiger partial charge on any atom is 0.203 e. The molecule has 0 saturated heterocycles. The zero-order valence-electron chi connectivity index (χ0n) is 14.6. The monoisotopic (exact) mass is 337 g/mol. The number of benzene rings is 2. The minimum absolute atomic E-state index is 0.0103. The van der Waals surface area contributed by atoms with Gasteiger partial charge in [-0.15, -0.1) is 0 Å². The number of methoxy groups -OCH3 is 3. The summed E-state index contributed by atoms with van der Waals surface area (Å²) >= 11 is 0. The third-order valence-electron chi connectivity index (χ3n) is 3.68. The molecule has 0 aromatic heterocycles. The van der Waals surface area contributed by atoms with Gasteiger partial charge in [0.05, 0.1) is 21.3 Å². The number of carbonyl (C=O) groups excluding carboxylic acids is 1. The molecule has 0 bridgehead atoms. The highest BCUT2D eigenvalue weighted by Crippen LogP contribution is 2.40. The standard InChI is InChI=1S/C20H19NO4/c1-13-6-5-7-14(10-13)18(22)16(12-21)11-15-8-9-17(23-2)20(25-4)19(15)24-3/h5-11H,1-4H3/b16-11+. The summed E-state index contributed by atoms with van der Waals surface area (Å²) in [5.41, 5.74) is 1.98. The van der Waals surface area contributed by atoms with Crippen LogP contribution in [0.1, 0.15) is 21.5 Å². The van der Waals surface area contributed by atoms with Crippen LogP contribution in [0.4, 0.5) is 0 Å². The van der Waals surface area contributed by atoms with E-state index in [2.05, 4.69) is 0 Å². The summed E-state index contributed by atoms with van der Waals surface area (Å²) in [6, 6.07) is 12.5. The van der Waals surface area contributed by atoms with Crippen LogP contribution in [0.15, 0.2) is 42.0 Å². The van der Waals surface area contributed by atoms with Crippen molar-refractivity contribution in [3.63, 3.8) is 0 Å². The van der Waals surface area contributed by atoms with E-state index in [1.165, 1.54) is 27.4 Å². The first-order valence-corrected chi connectivity index (χ1v) is 7.57. The highest BCUT2D eigenvalue weighted by molar-refractivity contribution is 6.14. The molecular weight excluding hydrogens is 318 g/mol. The maximum atomic E-state index is 12.6.